The van der Waals surface area contributed by atoms with E-state index in [1.165, 1.54) is 44.8 Å². The van der Waals surface area contributed by atoms with Crippen LogP contribution in [0.15, 0.2) is 103 Å². The van der Waals surface area contributed by atoms with E-state index in [4.69, 9.17) is 63.7 Å². The Hall–Kier alpha value is -6.53. The second-order valence-corrected chi connectivity index (χ2v) is 15.0. The second kappa shape index (κ2) is 16.6. The Morgan fingerprint density at radius 2 is 1.15 bits per heavy atom. The van der Waals surface area contributed by atoms with Crippen molar-refractivity contribution in [3.8, 4) is 11.5 Å². The van der Waals surface area contributed by atoms with E-state index in [0.29, 0.717) is 56.7 Å². The van der Waals surface area contributed by atoms with Crippen LogP contribution >= 0.6 is 34.8 Å². The molecule has 2 heterocycles. The van der Waals surface area contributed by atoms with E-state index in [2.05, 4.69) is 0 Å². The normalized spacial score (nSPS) is 11.3. The van der Waals surface area contributed by atoms with Gasteiger partial charge in [0.2, 0.25) is 0 Å². The van der Waals surface area contributed by atoms with Crippen LogP contribution in [0.2, 0.25) is 15.1 Å². The van der Waals surface area contributed by atoms with Crippen LogP contribution in [0.3, 0.4) is 0 Å². The molecule has 0 aliphatic carbocycles. The number of hydrogen-bond donors (Lipinski definition) is 0. The molecule has 0 saturated heterocycles. The number of aromatic nitrogens is 2. The first-order valence-corrected chi connectivity index (χ1v) is 19.6. The Balaban J connectivity index is 1.35. The van der Waals surface area contributed by atoms with E-state index < -0.39 is 17.9 Å². The van der Waals surface area contributed by atoms with E-state index in [9.17, 15) is 14.4 Å². The first-order chi connectivity index (χ1) is 29.0. The fourth-order valence-electron chi connectivity index (χ4n) is 7.51. The summed E-state index contributed by atoms with van der Waals surface area (Å²) in [6, 6.07) is 26.6. The summed E-state index contributed by atoms with van der Waals surface area (Å²) in [5.41, 5.74) is 2.90. The molecule has 60 heavy (non-hydrogen) atoms. The molecular weight excluding hydrogens is 829 g/mol. The molecule has 6 aromatic carbocycles. The molecule has 11 nitrogen and oxygen atoms in total. The van der Waals surface area contributed by atoms with Gasteiger partial charge in [0.15, 0.2) is 5.75 Å². The zero-order valence-electron chi connectivity index (χ0n) is 32.2. The molecule has 0 spiro atoms. The van der Waals surface area contributed by atoms with Gasteiger partial charge in [0.05, 0.1) is 59.1 Å². The van der Waals surface area contributed by atoms with Crippen LogP contribution < -0.4 is 9.47 Å². The van der Waals surface area contributed by atoms with Crippen LogP contribution in [0.25, 0.3) is 43.4 Å². The zero-order chi connectivity index (χ0) is 42.2. The average Bonchev–Trinajstić information content (AvgIpc) is 3.27. The van der Waals surface area contributed by atoms with Crippen molar-refractivity contribution >= 4 is 102 Å². The van der Waals surface area contributed by atoms with Crippen LogP contribution in [0.1, 0.15) is 52.6 Å². The summed E-state index contributed by atoms with van der Waals surface area (Å²) in [6.07, 6.45) is 3.24. The number of amides is 1. The van der Waals surface area contributed by atoms with Gasteiger partial charge in [-0.05, 0) is 53.9 Å². The van der Waals surface area contributed by atoms with Gasteiger partial charge in [-0.3, -0.25) is 14.8 Å². The lowest BCUT2D eigenvalue weighted by Gasteiger charge is -2.25. The minimum Gasteiger partial charge on any atom is -0.497 e. The third-order valence-corrected chi connectivity index (χ3v) is 11.1. The summed E-state index contributed by atoms with van der Waals surface area (Å²) < 4.78 is 21.4. The number of methoxy groups -OCH3 is 3. The fourth-order valence-corrected chi connectivity index (χ4v) is 8.41. The van der Waals surface area contributed by atoms with Crippen molar-refractivity contribution in [3.05, 3.63) is 152 Å². The number of esters is 3. The zero-order valence-corrected chi connectivity index (χ0v) is 34.4. The van der Waals surface area contributed by atoms with Crippen molar-refractivity contribution in [2.45, 2.75) is 13.0 Å². The number of benzene rings is 6. The Morgan fingerprint density at radius 3 is 1.70 bits per heavy atom. The number of pyridine rings is 2. The van der Waals surface area contributed by atoms with E-state index in [1.807, 2.05) is 54.6 Å². The SMILES string of the molecule is COC(=O)c1cnc2c3ccc(C(=O)N(CCc4ccccc4)Cc4ccc(OC)cc4)c4c(C(=O)OC)cnc(c5ccc(C(=O)Oc6c(Cl)cc(Cl)cc6Cl)c1c52)c43. The lowest BCUT2D eigenvalue weighted by atomic mass is 9.88. The lowest BCUT2D eigenvalue weighted by Crippen LogP contribution is -2.33. The van der Waals surface area contributed by atoms with Crippen molar-refractivity contribution in [3.63, 3.8) is 0 Å². The van der Waals surface area contributed by atoms with Crippen molar-refractivity contribution in [1.29, 1.82) is 0 Å². The monoisotopic (exact) mass is 859 g/mol. The van der Waals surface area contributed by atoms with Gasteiger partial charge in [0.25, 0.3) is 5.91 Å². The Labute approximate surface area is 357 Å². The number of carbonyl (C=O) groups is 4. The maximum Gasteiger partial charge on any atom is 0.344 e. The predicted octanol–water partition coefficient (Wildman–Crippen LogP) is 10.2. The van der Waals surface area contributed by atoms with Gasteiger partial charge in [-0.25, -0.2) is 14.4 Å². The molecule has 2 aromatic heterocycles. The topological polar surface area (TPSA) is 134 Å². The summed E-state index contributed by atoms with van der Waals surface area (Å²) in [5, 5.41) is 2.51. The number of nitrogens with zero attached hydrogens (tertiary/aromatic N) is 3. The second-order valence-electron chi connectivity index (χ2n) is 13.7. The Kier molecular flexibility index (Phi) is 11.1. The molecule has 0 unspecified atom stereocenters. The molecule has 0 N–H and O–H groups in total. The summed E-state index contributed by atoms with van der Waals surface area (Å²) in [4.78, 5) is 67.1. The van der Waals surface area contributed by atoms with E-state index in [0.717, 1.165) is 11.1 Å². The molecule has 1 amide bonds. The van der Waals surface area contributed by atoms with Crippen molar-refractivity contribution in [2.75, 3.05) is 27.9 Å². The lowest BCUT2D eigenvalue weighted by molar-refractivity contribution is 0.0593. The van der Waals surface area contributed by atoms with Crippen LogP contribution in [-0.4, -0.2) is 66.6 Å². The molecule has 0 saturated carbocycles. The van der Waals surface area contributed by atoms with Crippen LogP contribution in [-0.2, 0) is 22.4 Å². The third kappa shape index (κ3) is 7.25. The molecule has 0 fully saturated rings. The van der Waals surface area contributed by atoms with Gasteiger partial charge >= 0.3 is 17.9 Å². The maximum atomic E-state index is 15.0. The standard InChI is InChI=1S/C46H32Cl3N3O8/c1-57-27-11-9-25(10-12-27)23-52(18-17-24-7-5-4-6-8-24)43(53)30-15-13-28-38-36(30)32(44(54)58-2)21-50-40(38)29-14-16-31(37-33(45(55)59-3)22-51-41(28)39(29)37)46(56)60-42-34(48)19-26(47)20-35(42)49/h4-16,19-22H,17-18,23H2,1-3H3. The molecule has 0 aliphatic heterocycles. The highest BCUT2D eigenvalue weighted by atomic mass is 35.5. The van der Waals surface area contributed by atoms with Gasteiger partial charge < -0.3 is 23.8 Å². The Morgan fingerprint density at radius 1 is 0.600 bits per heavy atom. The van der Waals surface area contributed by atoms with Crippen LogP contribution in [0, 0.1) is 0 Å². The highest BCUT2D eigenvalue weighted by molar-refractivity contribution is 6.41. The molecule has 0 bridgehead atoms. The largest absolute Gasteiger partial charge is 0.497 e. The number of fused-ring (bicyclic) bond motifs is 2. The van der Waals surface area contributed by atoms with E-state index in [1.54, 1.807) is 30.2 Å². The minimum atomic E-state index is -0.881. The highest BCUT2D eigenvalue weighted by Crippen LogP contribution is 2.44. The molecule has 14 heteroatoms. The first-order valence-electron chi connectivity index (χ1n) is 18.4. The van der Waals surface area contributed by atoms with Crippen LogP contribution in [0.5, 0.6) is 11.5 Å². The first kappa shape index (κ1) is 40.3. The molecule has 0 radical (unpaired) electrons. The predicted molar refractivity (Wildman–Crippen MR) is 230 cm³/mol. The van der Waals surface area contributed by atoms with Crippen molar-refractivity contribution < 1.29 is 38.1 Å². The molecule has 300 valence electrons. The number of ether oxygens (including phenoxy) is 4. The summed E-state index contributed by atoms with van der Waals surface area (Å²) in [5.74, 6) is -2.12. The quantitative estimate of drug-likeness (QED) is 0.0535. The third-order valence-electron chi connectivity index (χ3n) is 10.3. The minimum absolute atomic E-state index is 0.00219. The molecular formula is C46H32Cl3N3O8. The molecule has 8 rings (SSSR count). The number of carbonyl (C=O) groups excluding carboxylic acids is 4. The van der Waals surface area contributed by atoms with E-state index in [-0.39, 0.29) is 60.9 Å². The summed E-state index contributed by atoms with van der Waals surface area (Å²) in [6.45, 7) is 0.616. The number of hydrogen-bond acceptors (Lipinski definition) is 10. The van der Waals surface area contributed by atoms with Gasteiger partial charge in [-0.2, -0.15) is 0 Å². The van der Waals surface area contributed by atoms with Gasteiger partial charge in [0.1, 0.15) is 5.75 Å². The Bertz CT molecular complexity index is 2970. The number of rotatable bonds is 11. The number of halogens is 3. The van der Waals surface area contributed by atoms with Gasteiger partial charge in [-0.15, -0.1) is 0 Å². The molecule has 0 aliphatic rings. The maximum absolute atomic E-state index is 15.0. The van der Waals surface area contributed by atoms with Crippen LogP contribution in [0.4, 0.5) is 0 Å². The smallest absolute Gasteiger partial charge is 0.344 e. The van der Waals surface area contributed by atoms with Crippen molar-refractivity contribution in [2.24, 2.45) is 0 Å². The molecule has 8 aromatic rings. The summed E-state index contributed by atoms with van der Waals surface area (Å²) >= 11 is 18.8. The molecule has 0 atom stereocenters. The average molecular weight is 861 g/mol. The van der Waals surface area contributed by atoms with Gasteiger partial charge in [0, 0.05) is 68.4 Å². The van der Waals surface area contributed by atoms with Gasteiger partial charge in [-0.1, -0.05) is 89.4 Å². The fraction of sp³-hybridized carbons (Fsp3) is 0.130. The summed E-state index contributed by atoms with van der Waals surface area (Å²) in [7, 11) is 4.06. The highest BCUT2D eigenvalue weighted by Gasteiger charge is 2.30. The van der Waals surface area contributed by atoms with E-state index >= 15 is 4.79 Å². The van der Waals surface area contributed by atoms with Crippen molar-refractivity contribution in [1.82, 2.24) is 14.9 Å².